The summed E-state index contributed by atoms with van der Waals surface area (Å²) in [5.74, 6) is 2.38. The fourth-order valence-corrected chi connectivity index (χ4v) is 5.21. The number of ether oxygens (including phenoxy) is 2. The van der Waals surface area contributed by atoms with E-state index in [0.717, 1.165) is 41.1 Å². The van der Waals surface area contributed by atoms with Gasteiger partial charge in [-0.2, -0.15) is 0 Å². The molecule has 0 N–H and O–H groups in total. The molecule has 3 saturated heterocycles. The van der Waals surface area contributed by atoms with Crippen LogP contribution < -0.4 is 9.64 Å². The molecule has 0 aromatic carbocycles. The second-order valence-corrected chi connectivity index (χ2v) is 9.39. The molecule has 0 amide bonds. The molecule has 3 aliphatic heterocycles. The number of likely N-dealkylation sites (tertiary alicyclic amines) is 1. The van der Waals surface area contributed by atoms with Gasteiger partial charge >= 0.3 is 0 Å². The van der Waals surface area contributed by atoms with Crippen molar-refractivity contribution in [2.75, 3.05) is 51.3 Å². The number of fused-ring (bicyclic) bond motifs is 1. The highest BCUT2D eigenvalue weighted by Gasteiger charge is 2.40. The molecule has 32 heavy (non-hydrogen) atoms. The van der Waals surface area contributed by atoms with Crippen LogP contribution in [0.25, 0.3) is 22.3 Å². The lowest BCUT2D eigenvalue weighted by Gasteiger charge is -2.40. The summed E-state index contributed by atoms with van der Waals surface area (Å²) in [6.45, 7) is 5.61. The van der Waals surface area contributed by atoms with Crippen molar-refractivity contribution in [2.24, 2.45) is 5.41 Å². The van der Waals surface area contributed by atoms with Gasteiger partial charge in [0.05, 0.1) is 36.5 Å². The molecular weight excluding hydrogens is 404 g/mol. The van der Waals surface area contributed by atoms with E-state index < -0.39 is 0 Å². The lowest BCUT2D eigenvalue weighted by atomic mass is 9.78. The van der Waals surface area contributed by atoms with Crippen molar-refractivity contribution in [3.63, 3.8) is 0 Å². The van der Waals surface area contributed by atoms with Crippen LogP contribution >= 0.6 is 0 Å². The van der Waals surface area contributed by atoms with Gasteiger partial charge in [0.1, 0.15) is 11.9 Å². The Morgan fingerprint density at radius 1 is 1.00 bits per heavy atom. The van der Waals surface area contributed by atoms with E-state index in [1.165, 1.54) is 32.4 Å². The third kappa shape index (κ3) is 3.57. The maximum atomic E-state index is 6.24. The zero-order valence-corrected chi connectivity index (χ0v) is 18.4. The summed E-state index contributed by atoms with van der Waals surface area (Å²) in [5.41, 5.74) is 2.21. The van der Waals surface area contributed by atoms with E-state index in [0.29, 0.717) is 24.5 Å². The standard InChI is InChI=1S/C24H28N6O2/c1-29-9-4-24(16-29)5-10-30(11-6-24)23-21-19(12-26-13-20(21)32-18-14-31-15-18)27-22(28-23)17-2-7-25-8-3-17/h2-3,7-8,12-13,18H,4-6,9-11,14-16H2,1H3. The number of nitrogens with zero attached hydrogens (tertiary/aromatic N) is 6. The largest absolute Gasteiger partial charge is 0.483 e. The van der Waals surface area contributed by atoms with Crippen LogP contribution in [0.3, 0.4) is 0 Å². The highest BCUT2D eigenvalue weighted by molar-refractivity contribution is 5.95. The van der Waals surface area contributed by atoms with Gasteiger partial charge in [0.25, 0.3) is 0 Å². The van der Waals surface area contributed by atoms with Crippen molar-refractivity contribution >= 4 is 16.7 Å². The van der Waals surface area contributed by atoms with Crippen LogP contribution in [0.2, 0.25) is 0 Å². The molecule has 166 valence electrons. The molecule has 3 aromatic rings. The molecule has 3 aromatic heterocycles. The second kappa shape index (κ2) is 7.94. The minimum Gasteiger partial charge on any atom is -0.483 e. The van der Waals surface area contributed by atoms with Gasteiger partial charge in [-0.15, -0.1) is 0 Å². The van der Waals surface area contributed by atoms with Crippen molar-refractivity contribution in [3.8, 4) is 17.1 Å². The quantitative estimate of drug-likeness (QED) is 0.623. The van der Waals surface area contributed by atoms with Gasteiger partial charge < -0.3 is 19.3 Å². The molecule has 0 atom stereocenters. The van der Waals surface area contributed by atoms with Crippen LogP contribution in [0.5, 0.6) is 5.75 Å². The summed E-state index contributed by atoms with van der Waals surface area (Å²) < 4.78 is 11.5. The molecule has 0 bridgehead atoms. The van der Waals surface area contributed by atoms with Crippen LogP contribution in [0.4, 0.5) is 5.82 Å². The van der Waals surface area contributed by atoms with Gasteiger partial charge in [-0.3, -0.25) is 9.97 Å². The molecular formula is C24H28N6O2. The highest BCUT2D eigenvalue weighted by Crippen LogP contribution is 2.42. The SMILES string of the molecule is CN1CCC2(CCN(c3nc(-c4ccncc4)nc4cncc(OC5COC5)c34)CC2)C1. The van der Waals surface area contributed by atoms with Gasteiger partial charge in [-0.25, -0.2) is 9.97 Å². The topological polar surface area (TPSA) is 76.5 Å². The van der Waals surface area contributed by atoms with Crippen molar-refractivity contribution < 1.29 is 9.47 Å². The van der Waals surface area contributed by atoms with E-state index in [1.54, 1.807) is 18.6 Å². The smallest absolute Gasteiger partial charge is 0.162 e. The third-order valence-corrected chi connectivity index (χ3v) is 7.15. The molecule has 1 spiro atoms. The van der Waals surface area contributed by atoms with E-state index in [2.05, 4.69) is 26.8 Å². The number of pyridine rings is 2. The van der Waals surface area contributed by atoms with E-state index >= 15 is 0 Å². The first-order valence-electron chi connectivity index (χ1n) is 11.4. The van der Waals surface area contributed by atoms with E-state index in [4.69, 9.17) is 19.4 Å². The Bertz CT molecular complexity index is 1110. The first-order chi connectivity index (χ1) is 15.7. The number of rotatable bonds is 4. The molecule has 8 heteroatoms. The second-order valence-electron chi connectivity index (χ2n) is 9.39. The molecule has 0 aliphatic carbocycles. The summed E-state index contributed by atoms with van der Waals surface area (Å²) in [6, 6.07) is 3.90. The summed E-state index contributed by atoms with van der Waals surface area (Å²) in [6.07, 6.45) is 10.9. The molecule has 6 heterocycles. The predicted octanol–water partition coefficient (Wildman–Crippen LogP) is 2.79. The molecule has 8 nitrogen and oxygen atoms in total. The summed E-state index contributed by atoms with van der Waals surface area (Å²) in [7, 11) is 2.24. The maximum absolute atomic E-state index is 6.24. The zero-order chi connectivity index (χ0) is 21.5. The molecule has 3 aliphatic rings. The molecule has 0 unspecified atom stereocenters. The van der Waals surface area contributed by atoms with Crippen molar-refractivity contribution in [1.29, 1.82) is 0 Å². The van der Waals surface area contributed by atoms with Crippen molar-refractivity contribution in [3.05, 3.63) is 36.9 Å². The van der Waals surface area contributed by atoms with E-state index in [1.807, 2.05) is 18.3 Å². The number of hydrogen-bond donors (Lipinski definition) is 0. The number of piperidine rings is 1. The molecule has 3 fully saturated rings. The Kier molecular flexibility index (Phi) is 4.91. The maximum Gasteiger partial charge on any atom is 0.162 e. The Labute approximate surface area is 187 Å². The lowest BCUT2D eigenvalue weighted by Crippen LogP contribution is -2.42. The van der Waals surface area contributed by atoms with Crippen LogP contribution in [-0.2, 0) is 4.74 Å². The van der Waals surface area contributed by atoms with E-state index in [9.17, 15) is 0 Å². The third-order valence-electron chi connectivity index (χ3n) is 7.15. The fourth-order valence-electron chi connectivity index (χ4n) is 5.21. The van der Waals surface area contributed by atoms with Crippen molar-refractivity contribution in [1.82, 2.24) is 24.8 Å². The number of aromatic nitrogens is 4. The van der Waals surface area contributed by atoms with Crippen LogP contribution in [0.1, 0.15) is 19.3 Å². The number of anilines is 1. The minimum absolute atomic E-state index is 0.0637. The van der Waals surface area contributed by atoms with Gasteiger partial charge in [0.15, 0.2) is 11.6 Å². The van der Waals surface area contributed by atoms with Gasteiger partial charge in [0.2, 0.25) is 0 Å². The minimum atomic E-state index is 0.0637. The lowest BCUT2D eigenvalue weighted by molar-refractivity contribution is -0.0792. The average molecular weight is 433 g/mol. The Hall–Kier alpha value is -2.84. The molecule has 0 radical (unpaired) electrons. The average Bonchev–Trinajstić information content (AvgIpc) is 3.16. The summed E-state index contributed by atoms with van der Waals surface area (Å²) >= 11 is 0. The van der Waals surface area contributed by atoms with Gasteiger partial charge in [0, 0.05) is 37.6 Å². The summed E-state index contributed by atoms with van der Waals surface area (Å²) in [5, 5.41) is 0.948. The van der Waals surface area contributed by atoms with Crippen LogP contribution in [0, 0.1) is 5.41 Å². The Morgan fingerprint density at radius 2 is 1.78 bits per heavy atom. The van der Waals surface area contributed by atoms with Crippen LogP contribution in [0.15, 0.2) is 36.9 Å². The summed E-state index contributed by atoms with van der Waals surface area (Å²) in [4.78, 5) is 23.4. The van der Waals surface area contributed by atoms with Crippen molar-refractivity contribution in [2.45, 2.75) is 25.4 Å². The van der Waals surface area contributed by atoms with Crippen LogP contribution in [-0.4, -0.2) is 77.4 Å². The number of hydrogen-bond acceptors (Lipinski definition) is 8. The first-order valence-corrected chi connectivity index (χ1v) is 11.4. The Morgan fingerprint density at radius 3 is 2.47 bits per heavy atom. The molecule has 0 saturated carbocycles. The Balaban J connectivity index is 1.41. The predicted molar refractivity (Wildman–Crippen MR) is 122 cm³/mol. The normalized spacial score (nSPS) is 21.2. The highest BCUT2D eigenvalue weighted by atomic mass is 16.6. The monoisotopic (exact) mass is 432 g/mol. The fraction of sp³-hybridized carbons (Fsp3) is 0.500. The first kappa shape index (κ1) is 19.8. The van der Waals surface area contributed by atoms with E-state index in [-0.39, 0.29) is 6.10 Å². The molecule has 6 rings (SSSR count). The zero-order valence-electron chi connectivity index (χ0n) is 18.4. The van der Waals surface area contributed by atoms with Gasteiger partial charge in [-0.05, 0) is 50.4 Å². The van der Waals surface area contributed by atoms with Gasteiger partial charge in [-0.1, -0.05) is 0 Å².